The largest absolute Gasteiger partial charge is 0.385 e. The van der Waals surface area contributed by atoms with Gasteiger partial charge in [-0.15, -0.1) is 11.6 Å². The Labute approximate surface area is 90.2 Å². The van der Waals surface area contributed by atoms with Crippen LogP contribution >= 0.6 is 11.6 Å². The quantitative estimate of drug-likeness (QED) is 0.525. The van der Waals surface area contributed by atoms with Gasteiger partial charge in [0, 0.05) is 32.2 Å². The molecule has 1 aliphatic heterocycles. The van der Waals surface area contributed by atoms with E-state index in [1.165, 1.54) is 4.31 Å². The smallest absolute Gasteiger partial charge is 0.214 e. The number of rotatable bonds is 5. The van der Waals surface area contributed by atoms with Crippen molar-refractivity contribution < 1.29 is 13.2 Å². The van der Waals surface area contributed by atoms with E-state index in [1.807, 2.05) is 0 Å². The summed E-state index contributed by atoms with van der Waals surface area (Å²) in [5.74, 6) is 0.157. The van der Waals surface area contributed by atoms with E-state index in [2.05, 4.69) is 0 Å². The Kier molecular flexibility index (Phi) is 4.63. The first-order chi connectivity index (χ1) is 6.56. The van der Waals surface area contributed by atoms with Crippen molar-refractivity contribution in [3.8, 4) is 0 Å². The van der Waals surface area contributed by atoms with Crippen molar-refractivity contribution in [1.29, 1.82) is 0 Å². The predicted molar refractivity (Wildman–Crippen MR) is 56.1 cm³/mol. The van der Waals surface area contributed by atoms with E-state index >= 15 is 0 Å². The van der Waals surface area contributed by atoms with Gasteiger partial charge in [-0.25, -0.2) is 12.7 Å². The highest BCUT2D eigenvalue weighted by Gasteiger charge is 2.29. The summed E-state index contributed by atoms with van der Waals surface area (Å²) in [6.45, 7) is 1.50. The lowest BCUT2D eigenvalue weighted by Crippen LogP contribution is -2.31. The van der Waals surface area contributed by atoms with E-state index < -0.39 is 10.0 Å². The molecule has 0 spiro atoms. The average molecular weight is 242 g/mol. The second kappa shape index (κ2) is 5.30. The Hall–Kier alpha value is 0.160. The zero-order valence-electron chi connectivity index (χ0n) is 8.28. The van der Waals surface area contributed by atoms with Gasteiger partial charge in [0.15, 0.2) is 0 Å². The monoisotopic (exact) mass is 241 g/mol. The lowest BCUT2D eigenvalue weighted by Gasteiger charge is -2.15. The molecule has 0 radical (unpaired) electrons. The van der Waals surface area contributed by atoms with E-state index in [9.17, 15) is 8.42 Å². The van der Waals surface area contributed by atoms with Crippen molar-refractivity contribution in [3.05, 3.63) is 0 Å². The van der Waals surface area contributed by atoms with E-state index in [-0.39, 0.29) is 11.1 Å². The molecule has 4 nitrogen and oxygen atoms in total. The first-order valence-corrected chi connectivity index (χ1v) is 6.71. The summed E-state index contributed by atoms with van der Waals surface area (Å²) >= 11 is 5.84. The first kappa shape index (κ1) is 12.2. The van der Waals surface area contributed by atoms with Crippen LogP contribution in [0.3, 0.4) is 0 Å². The maximum absolute atomic E-state index is 11.7. The van der Waals surface area contributed by atoms with Crippen molar-refractivity contribution in [3.63, 3.8) is 0 Å². The summed E-state index contributed by atoms with van der Waals surface area (Å²) < 4.78 is 29.6. The number of halogens is 1. The maximum atomic E-state index is 11.7. The molecule has 0 saturated carbocycles. The Bertz CT molecular complexity index is 268. The SMILES string of the molecule is COCCCS(=O)(=O)N1CCC(Cl)C1. The van der Waals surface area contributed by atoms with Crippen LogP contribution in [0.5, 0.6) is 0 Å². The molecule has 0 aliphatic carbocycles. The first-order valence-electron chi connectivity index (χ1n) is 4.67. The third kappa shape index (κ3) is 3.38. The van der Waals surface area contributed by atoms with E-state index in [1.54, 1.807) is 7.11 Å². The second-order valence-electron chi connectivity index (χ2n) is 3.41. The number of sulfonamides is 1. The highest BCUT2D eigenvalue weighted by atomic mass is 35.5. The van der Waals surface area contributed by atoms with Crippen LogP contribution in [0, 0.1) is 0 Å². The summed E-state index contributed by atoms with van der Waals surface area (Å²) in [5, 5.41) is -0.0211. The normalized spacial score (nSPS) is 24.3. The minimum absolute atomic E-state index is 0.0211. The van der Waals surface area contributed by atoms with Crippen LogP contribution in [0.2, 0.25) is 0 Å². The zero-order chi connectivity index (χ0) is 10.6. The van der Waals surface area contributed by atoms with Crippen molar-refractivity contribution in [1.82, 2.24) is 4.31 Å². The Morgan fingerprint density at radius 2 is 2.29 bits per heavy atom. The molecule has 6 heteroatoms. The van der Waals surface area contributed by atoms with Gasteiger partial charge in [0.05, 0.1) is 5.75 Å². The van der Waals surface area contributed by atoms with Gasteiger partial charge < -0.3 is 4.74 Å². The molecule has 0 N–H and O–H groups in total. The van der Waals surface area contributed by atoms with Gasteiger partial charge in [0.25, 0.3) is 0 Å². The van der Waals surface area contributed by atoms with Gasteiger partial charge in [-0.1, -0.05) is 0 Å². The molecule has 84 valence electrons. The van der Waals surface area contributed by atoms with Gasteiger partial charge in [0.2, 0.25) is 10.0 Å². The topological polar surface area (TPSA) is 46.6 Å². The molecule has 0 aromatic carbocycles. The average Bonchev–Trinajstić information content (AvgIpc) is 2.53. The van der Waals surface area contributed by atoms with Gasteiger partial charge >= 0.3 is 0 Å². The van der Waals surface area contributed by atoms with Gasteiger partial charge in [-0.2, -0.15) is 0 Å². The second-order valence-corrected chi connectivity index (χ2v) is 6.11. The fourth-order valence-electron chi connectivity index (χ4n) is 1.46. The molecule has 1 saturated heterocycles. The van der Waals surface area contributed by atoms with Crippen LogP contribution in [-0.4, -0.2) is 50.7 Å². The minimum Gasteiger partial charge on any atom is -0.385 e. The Morgan fingerprint density at radius 3 is 2.79 bits per heavy atom. The maximum Gasteiger partial charge on any atom is 0.214 e. The molecule has 0 aromatic heterocycles. The van der Waals surface area contributed by atoms with Crippen molar-refractivity contribution in [2.75, 3.05) is 32.6 Å². The minimum atomic E-state index is -3.10. The number of ether oxygens (including phenoxy) is 1. The standard InChI is InChI=1S/C8H16ClNO3S/c1-13-5-2-6-14(11,12)10-4-3-8(9)7-10/h8H,2-7H2,1H3. The van der Waals surface area contributed by atoms with Crippen LogP contribution in [0.4, 0.5) is 0 Å². The highest BCUT2D eigenvalue weighted by molar-refractivity contribution is 7.89. The van der Waals surface area contributed by atoms with E-state index in [4.69, 9.17) is 16.3 Å². The summed E-state index contributed by atoms with van der Waals surface area (Å²) in [5.41, 5.74) is 0. The zero-order valence-corrected chi connectivity index (χ0v) is 9.85. The number of hydrogen-bond donors (Lipinski definition) is 0. The molecule has 14 heavy (non-hydrogen) atoms. The molecule has 1 atom stereocenters. The number of nitrogens with zero attached hydrogens (tertiary/aromatic N) is 1. The third-order valence-corrected chi connectivity index (χ3v) is 4.52. The van der Waals surface area contributed by atoms with Crippen LogP contribution in [-0.2, 0) is 14.8 Å². The summed E-state index contributed by atoms with van der Waals surface area (Å²) in [6.07, 6.45) is 1.30. The molecule has 1 aliphatic rings. The van der Waals surface area contributed by atoms with E-state index in [0.29, 0.717) is 26.1 Å². The fraction of sp³-hybridized carbons (Fsp3) is 1.00. The number of hydrogen-bond acceptors (Lipinski definition) is 3. The van der Waals surface area contributed by atoms with Crippen molar-refractivity contribution in [2.24, 2.45) is 0 Å². The fourth-order valence-corrected chi connectivity index (χ4v) is 3.33. The van der Waals surface area contributed by atoms with Crippen LogP contribution in [0.1, 0.15) is 12.8 Å². The predicted octanol–water partition coefficient (Wildman–Crippen LogP) is 0.666. The van der Waals surface area contributed by atoms with Crippen molar-refractivity contribution >= 4 is 21.6 Å². The third-order valence-electron chi connectivity index (χ3n) is 2.24. The van der Waals surface area contributed by atoms with E-state index in [0.717, 1.165) is 6.42 Å². The number of alkyl halides is 1. The molecular formula is C8H16ClNO3S. The summed E-state index contributed by atoms with van der Waals surface area (Å²) in [6, 6.07) is 0. The molecule has 0 amide bonds. The van der Waals surface area contributed by atoms with Crippen LogP contribution in [0.15, 0.2) is 0 Å². The molecule has 1 fully saturated rings. The van der Waals surface area contributed by atoms with Gasteiger partial charge in [-0.05, 0) is 12.8 Å². The Balaban J connectivity index is 2.41. The highest BCUT2D eigenvalue weighted by Crippen LogP contribution is 2.18. The lowest BCUT2D eigenvalue weighted by molar-refractivity contribution is 0.199. The number of methoxy groups -OCH3 is 1. The molecule has 0 bridgehead atoms. The molecule has 1 rings (SSSR count). The van der Waals surface area contributed by atoms with Gasteiger partial charge in [0.1, 0.15) is 0 Å². The van der Waals surface area contributed by atoms with Crippen molar-refractivity contribution in [2.45, 2.75) is 18.2 Å². The molecule has 1 unspecified atom stereocenters. The van der Waals surface area contributed by atoms with Crippen LogP contribution < -0.4 is 0 Å². The van der Waals surface area contributed by atoms with Gasteiger partial charge in [-0.3, -0.25) is 0 Å². The molecule has 0 aromatic rings. The molecule has 1 heterocycles. The molecular weight excluding hydrogens is 226 g/mol. The lowest BCUT2D eigenvalue weighted by atomic mass is 10.4. The summed E-state index contributed by atoms with van der Waals surface area (Å²) in [4.78, 5) is 0. The summed E-state index contributed by atoms with van der Waals surface area (Å²) in [7, 11) is -1.53. The van der Waals surface area contributed by atoms with Crippen LogP contribution in [0.25, 0.3) is 0 Å². The Morgan fingerprint density at radius 1 is 1.57 bits per heavy atom.